The third-order valence-electron chi connectivity index (χ3n) is 5.00. The van der Waals surface area contributed by atoms with Crippen LogP contribution in [0.5, 0.6) is 0 Å². The van der Waals surface area contributed by atoms with Gasteiger partial charge < -0.3 is 5.11 Å². The van der Waals surface area contributed by atoms with Crippen molar-refractivity contribution in [2.24, 2.45) is 11.8 Å². The minimum Gasteiger partial charge on any atom is -0.481 e. The Labute approximate surface area is 157 Å². The fraction of sp³-hybridized carbons (Fsp3) is 0.476. The monoisotopic (exact) mass is 378 g/mol. The maximum atomic E-state index is 13.7. The number of rotatable bonds is 10. The summed E-state index contributed by atoms with van der Waals surface area (Å²) in [5.74, 6) is -2.93. The van der Waals surface area contributed by atoms with Gasteiger partial charge in [0.2, 0.25) is 0 Å². The average Bonchev–Trinajstić information content (AvgIpc) is 2.97. The van der Waals surface area contributed by atoms with E-state index in [1.807, 2.05) is 0 Å². The highest BCUT2D eigenvalue weighted by molar-refractivity contribution is 6.04. The molecule has 0 amide bonds. The van der Waals surface area contributed by atoms with Crippen LogP contribution >= 0.6 is 0 Å². The lowest BCUT2D eigenvalue weighted by molar-refractivity contribution is -0.137. The molecule has 6 heteroatoms. The molecule has 2 atom stereocenters. The van der Waals surface area contributed by atoms with E-state index in [9.17, 15) is 23.2 Å². The van der Waals surface area contributed by atoms with Gasteiger partial charge in [0.05, 0.1) is 5.56 Å². The molecule has 2 rings (SSSR count). The highest BCUT2D eigenvalue weighted by Gasteiger charge is 2.32. The zero-order valence-corrected chi connectivity index (χ0v) is 15.1. The van der Waals surface area contributed by atoms with Gasteiger partial charge in [0, 0.05) is 18.8 Å². The normalized spacial score (nSPS) is 19.7. The Morgan fingerprint density at radius 1 is 1.15 bits per heavy atom. The Bertz CT molecular complexity index is 727. The Balaban J connectivity index is 1.87. The van der Waals surface area contributed by atoms with Crippen LogP contribution in [-0.4, -0.2) is 22.6 Å². The molecule has 146 valence electrons. The van der Waals surface area contributed by atoms with E-state index < -0.39 is 23.4 Å². The van der Waals surface area contributed by atoms with Gasteiger partial charge in [-0.3, -0.25) is 14.4 Å². The third kappa shape index (κ3) is 6.38. The quantitative estimate of drug-likeness (QED) is 0.363. The Morgan fingerprint density at radius 2 is 1.89 bits per heavy atom. The van der Waals surface area contributed by atoms with Crippen molar-refractivity contribution < 1.29 is 28.3 Å². The van der Waals surface area contributed by atoms with Crippen LogP contribution < -0.4 is 0 Å². The number of unbranched alkanes of at least 4 members (excludes halogenated alkanes) is 3. The van der Waals surface area contributed by atoms with Crippen LogP contribution in [0.4, 0.5) is 8.78 Å². The van der Waals surface area contributed by atoms with Crippen LogP contribution in [0, 0.1) is 23.5 Å². The Kier molecular flexibility index (Phi) is 7.82. The highest BCUT2D eigenvalue weighted by atomic mass is 19.1. The van der Waals surface area contributed by atoms with Crippen LogP contribution in [0.15, 0.2) is 30.4 Å². The number of aliphatic carboxylic acids is 1. The van der Waals surface area contributed by atoms with Crippen molar-refractivity contribution >= 4 is 17.5 Å². The topological polar surface area (TPSA) is 71.4 Å². The van der Waals surface area contributed by atoms with Gasteiger partial charge in [-0.1, -0.05) is 25.3 Å². The molecule has 1 N–H and O–H groups in total. The second-order valence-electron chi connectivity index (χ2n) is 6.97. The van der Waals surface area contributed by atoms with Gasteiger partial charge in [-0.15, -0.1) is 0 Å². The minimum atomic E-state index is -0.800. The number of hydrogen-bond donors (Lipinski definition) is 1. The number of hydrogen-bond acceptors (Lipinski definition) is 3. The number of carboxylic acids is 1. The second-order valence-corrected chi connectivity index (χ2v) is 6.97. The van der Waals surface area contributed by atoms with E-state index in [1.54, 1.807) is 6.08 Å². The van der Waals surface area contributed by atoms with Crippen LogP contribution in [0.1, 0.15) is 61.7 Å². The van der Waals surface area contributed by atoms with E-state index >= 15 is 0 Å². The summed E-state index contributed by atoms with van der Waals surface area (Å²) >= 11 is 0. The number of carbonyl (C=O) groups is 3. The number of benzene rings is 1. The number of carboxylic acid groups (broad SMARTS) is 1. The summed E-state index contributed by atoms with van der Waals surface area (Å²) in [4.78, 5) is 34.7. The van der Waals surface area contributed by atoms with Crippen LogP contribution in [0.3, 0.4) is 0 Å². The lowest BCUT2D eigenvalue weighted by Gasteiger charge is -2.14. The van der Waals surface area contributed by atoms with Gasteiger partial charge in [0.25, 0.3) is 0 Å². The zero-order chi connectivity index (χ0) is 19.8. The molecule has 0 radical (unpaired) electrons. The highest BCUT2D eigenvalue weighted by Crippen LogP contribution is 2.34. The largest absolute Gasteiger partial charge is 0.481 e. The molecule has 27 heavy (non-hydrogen) atoms. The van der Waals surface area contributed by atoms with Gasteiger partial charge in [-0.2, -0.15) is 0 Å². The summed E-state index contributed by atoms with van der Waals surface area (Å²) in [6.45, 7) is 0. The van der Waals surface area contributed by atoms with Crippen molar-refractivity contribution in [2.75, 3.05) is 0 Å². The fourth-order valence-electron chi connectivity index (χ4n) is 3.52. The zero-order valence-electron chi connectivity index (χ0n) is 15.1. The van der Waals surface area contributed by atoms with Crippen molar-refractivity contribution in [3.63, 3.8) is 0 Å². The number of carbonyl (C=O) groups excluding carboxylic acids is 2. The van der Waals surface area contributed by atoms with Crippen molar-refractivity contribution in [1.82, 2.24) is 0 Å². The summed E-state index contributed by atoms with van der Waals surface area (Å²) in [6, 6.07) is 2.75. The van der Waals surface area contributed by atoms with Crippen molar-refractivity contribution in [2.45, 2.75) is 51.4 Å². The molecule has 2 unspecified atom stereocenters. The van der Waals surface area contributed by atoms with Crippen molar-refractivity contribution in [1.29, 1.82) is 0 Å². The molecule has 1 aliphatic rings. The summed E-state index contributed by atoms with van der Waals surface area (Å²) in [7, 11) is 0. The molecule has 1 fully saturated rings. The molecule has 1 aromatic rings. The van der Waals surface area contributed by atoms with Gasteiger partial charge in [-0.25, -0.2) is 8.78 Å². The molecular weight excluding hydrogens is 354 g/mol. The number of ketones is 2. The molecule has 0 aliphatic heterocycles. The summed E-state index contributed by atoms with van der Waals surface area (Å²) < 4.78 is 26.9. The number of halogens is 2. The van der Waals surface area contributed by atoms with Crippen LogP contribution in [0.2, 0.25) is 0 Å². The number of allylic oxidation sites excluding steroid dienone is 2. The lowest BCUT2D eigenvalue weighted by Crippen LogP contribution is -2.13. The maximum absolute atomic E-state index is 13.7. The lowest BCUT2D eigenvalue weighted by atomic mass is 9.89. The molecule has 0 bridgehead atoms. The van der Waals surface area contributed by atoms with Gasteiger partial charge in [-0.05, 0) is 49.5 Å². The van der Waals surface area contributed by atoms with Crippen molar-refractivity contribution in [3.8, 4) is 0 Å². The summed E-state index contributed by atoms with van der Waals surface area (Å²) in [5.41, 5.74) is -0.314. The SMILES string of the molecule is O=C(O)CCCCCCC1C(=O)CCC1C=CC(=O)c1cc(F)ccc1F. The molecular formula is C21H24F2O4. The first-order valence-corrected chi connectivity index (χ1v) is 9.30. The van der Waals surface area contributed by atoms with Crippen LogP contribution in [0.25, 0.3) is 0 Å². The Morgan fingerprint density at radius 3 is 2.63 bits per heavy atom. The molecule has 0 saturated heterocycles. The minimum absolute atomic E-state index is 0.0721. The smallest absolute Gasteiger partial charge is 0.303 e. The fourth-order valence-corrected chi connectivity index (χ4v) is 3.52. The first-order chi connectivity index (χ1) is 12.9. The molecule has 0 spiro atoms. The van der Waals surface area contributed by atoms with E-state index in [0.717, 1.165) is 37.5 Å². The first kappa shape index (κ1) is 20.9. The molecule has 1 saturated carbocycles. The van der Waals surface area contributed by atoms with Crippen molar-refractivity contribution in [3.05, 3.63) is 47.5 Å². The second kappa shape index (κ2) is 10.1. The van der Waals surface area contributed by atoms with Gasteiger partial charge >= 0.3 is 5.97 Å². The van der Waals surface area contributed by atoms with Crippen LogP contribution in [-0.2, 0) is 9.59 Å². The predicted octanol–water partition coefficient (Wildman–Crippen LogP) is 4.72. The van der Waals surface area contributed by atoms with E-state index in [0.29, 0.717) is 25.7 Å². The van der Waals surface area contributed by atoms with Gasteiger partial charge in [0.1, 0.15) is 17.4 Å². The number of Topliss-reactive ketones (excluding diaryl/α,β-unsaturated/α-hetero) is 1. The van der Waals surface area contributed by atoms with E-state index in [1.165, 1.54) is 6.08 Å². The maximum Gasteiger partial charge on any atom is 0.303 e. The third-order valence-corrected chi connectivity index (χ3v) is 5.00. The average molecular weight is 378 g/mol. The van der Waals surface area contributed by atoms with E-state index in [-0.39, 0.29) is 29.6 Å². The van der Waals surface area contributed by atoms with E-state index in [4.69, 9.17) is 5.11 Å². The summed E-state index contributed by atoms with van der Waals surface area (Å²) in [6.07, 6.45) is 7.98. The molecule has 4 nitrogen and oxygen atoms in total. The summed E-state index contributed by atoms with van der Waals surface area (Å²) in [5, 5.41) is 8.61. The van der Waals surface area contributed by atoms with E-state index in [2.05, 4.69) is 0 Å². The molecule has 1 aliphatic carbocycles. The predicted molar refractivity (Wildman–Crippen MR) is 96.4 cm³/mol. The molecule has 0 aromatic heterocycles. The molecule has 0 heterocycles. The molecule has 1 aromatic carbocycles. The van der Waals surface area contributed by atoms with Gasteiger partial charge in [0.15, 0.2) is 5.78 Å². The Hall–Kier alpha value is -2.37. The first-order valence-electron chi connectivity index (χ1n) is 9.30. The standard InChI is InChI=1S/C21H24F2O4/c22-15-9-10-18(23)17(13-15)20(25)12-8-14-7-11-19(24)16(14)5-3-1-2-4-6-21(26)27/h8-10,12-14,16H,1-7,11H2,(H,26,27).